The molecular weight excluding hydrogens is 204 g/mol. The number of aryl methyl sites for hydroxylation is 4. The van der Waals surface area contributed by atoms with Crippen LogP contribution in [0.2, 0.25) is 0 Å². The lowest BCUT2D eigenvalue weighted by Crippen LogP contribution is -1.73. The normalized spacial score (nSPS) is 9.75. The Kier molecular flexibility index (Phi) is 4.76. The lowest BCUT2D eigenvalue weighted by molar-refractivity contribution is 0.383. The second-order valence-electron chi connectivity index (χ2n) is 3.57. The van der Waals surface area contributed by atoms with Crippen LogP contribution in [0.5, 0.6) is 0 Å². The predicted octanol–water partition coefficient (Wildman–Crippen LogP) is 3.09. The van der Waals surface area contributed by atoms with Crippen LogP contribution in [0.3, 0.4) is 0 Å². The molecule has 2 rings (SSSR count). The zero-order valence-corrected chi connectivity index (χ0v) is 10.3. The van der Waals surface area contributed by atoms with Gasteiger partial charge in [-0.3, -0.25) is 0 Å². The number of hydrogen-bond donors (Lipinski definition) is 0. The summed E-state index contributed by atoms with van der Waals surface area (Å²) in [4.78, 5) is 0. The van der Waals surface area contributed by atoms with E-state index in [1.807, 2.05) is 32.9 Å². The van der Waals surface area contributed by atoms with E-state index in [1.165, 1.54) is 0 Å². The third-order valence-corrected chi connectivity index (χ3v) is 2.06. The molecule has 0 aliphatic heterocycles. The van der Waals surface area contributed by atoms with Crippen molar-refractivity contribution < 1.29 is 9.05 Å². The minimum absolute atomic E-state index is 0.891. The van der Waals surface area contributed by atoms with Gasteiger partial charge in [0.25, 0.3) is 0 Å². The molecule has 16 heavy (non-hydrogen) atoms. The molecule has 0 amide bonds. The third-order valence-electron chi connectivity index (χ3n) is 2.06. The van der Waals surface area contributed by atoms with Crippen molar-refractivity contribution in [1.29, 1.82) is 0 Å². The fraction of sp³-hybridized carbons (Fsp3) is 0.500. The molecule has 0 bridgehead atoms. The van der Waals surface area contributed by atoms with Gasteiger partial charge in [-0.05, 0) is 20.3 Å². The van der Waals surface area contributed by atoms with Gasteiger partial charge < -0.3 is 9.05 Å². The van der Waals surface area contributed by atoms with Crippen molar-refractivity contribution in [2.45, 2.75) is 40.5 Å². The Morgan fingerprint density at radius 1 is 1.00 bits per heavy atom. The maximum atomic E-state index is 4.86. The summed E-state index contributed by atoms with van der Waals surface area (Å²) in [5.41, 5.74) is 1.99. The van der Waals surface area contributed by atoms with Crippen LogP contribution < -0.4 is 0 Å². The molecule has 2 aromatic rings. The van der Waals surface area contributed by atoms with Crippen molar-refractivity contribution >= 4 is 0 Å². The topological polar surface area (TPSA) is 52.1 Å². The average Bonchev–Trinajstić information content (AvgIpc) is 2.88. The highest BCUT2D eigenvalue weighted by atomic mass is 16.5. The van der Waals surface area contributed by atoms with E-state index in [2.05, 4.69) is 17.2 Å². The molecule has 0 atom stereocenters. The summed E-state index contributed by atoms with van der Waals surface area (Å²) < 4.78 is 9.67. The summed E-state index contributed by atoms with van der Waals surface area (Å²) in [5.74, 6) is 1.85. The van der Waals surface area contributed by atoms with Crippen molar-refractivity contribution in [3.8, 4) is 0 Å². The van der Waals surface area contributed by atoms with E-state index in [0.29, 0.717) is 0 Å². The fourth-order valence-electron chi connectivity index (χ4n) is 1.17. The van der Waals surface area contributed by atoms with Gasteiger partial charge in [0, 0.05) is 18.6 Å². The summed E-state index contributed by atoms with van der Waals surface area (Å²) in [7, 11) is 0. The first-order valence-corrected chi connectivity index (χ1v) is 5.50. The van der Waals surface area contributed by atoms with Crippen LogP contribution in [0.15, 0.2) is 21.2 Å². The van der Waals surface area contributed by atoms with Gasteiger partial charge in [0.05, 0.1) is 11.4 Å². The van der Waals surface area contributed by atoms with Gasteiger partial charge in [0.1, 0.15) is 11.5 Å². The fourth-order valence-corrected chi connectivity index (χ4v) is 1.17. The smallest absolute Gasteiger partial charge is 0.136 e. The van der Waals surface area contributed by atoms with Gasteiger partial charge in [0.2, 0.25) is 0 Å². The minimum atomic E-state index is 0.891. The SMILES string of the molecule is CCc1cc(C)no1.CCc1cc(C)on1. The monoisotopic (exact) mass is 222 g/mol. The van der Waals surface area contributed by atoms with Crippen molar-refractivity contribution in [3.05, 3.63) is 35.0 Å². The van der Waals surface area contributed by atoms with Gasteiger partial charge in [-0.15, -0.1) is 0 Å². The largest absolute Gasteiger partial charge is 0.361 e. The van der Waals surface area contributed by atoms with Crippen LogP contribution >= 0.6 is 0 Å². The van der Waals surface area contributed by atoms with E-state index in [0.717, 1.165) is 35.7 Å². The molecule has 0 aliphatic rings. The van der Waals surface area contributed by atoms with Crippen LogP contribution in [0.25, 0.3) is 0 Å². The average molecular weight is 222 g/mol. The number of nitrogens with zero attached hydrogens (tertiary/aromatic N) is 2. The Morgan fingerprint density at radius 2 is 1.75 bits per heavy atom. The van der Waals surface area contributed by atoms with Gasteiger partial charge >= 0.3 is 0 Å². The highest BCUT2D eigenvalue weighted by Crippen LogP contribution is 2.01. The van der Waals surface area contributed by atoms with Crippen molar-refractivity contribution in [2.24, 2.45) is 0 Å². The van der Waals surface area contributed by atoms with Gasteiger partial charge in [-0.2, -0.15) is 0 Å². The lowest BCUT2D eigenvalue weighted by atomic mass is 10.3. The first kappa shape index (κ1) is 12.5. The van der Waals surface area contributed by atoms with Crippen LogP contribution in [0.4, 0.5) is 0 Å². The highest BCUT2D eigenvalue weighted by Gasteiger charge is 1.94. The second kappa shape index (κ2) is 6.10. The molecule has 2 aromatic heterocycles. The Morgan fingerprint density at radius 3 is 2.00 bits per heavy atom. The molecule has 0 aromatic carbocycles. The lowest BCUT2D eigenvalue weighted by Gasteiger charge is -1.76. The highest BCUT2D eigenvalue weighted by molar-refractivity contribution is 5.02. The molecule has 4 heteroatoms. The predicted molar refractivity (Wildman–Crippen MR) is 61.2 cm³/mol. The van der Waals surface area contributed by atoms with Crippen molar-refractivity contribution in [3.63, 3.8) is 0 Å². The first-order chi connectivity index (χ1) is 7.65. The molecule has 0 spiro atoms. The molecule has 0 fully saturated rings. The molecule has 0 radical (unpaired) electrons. The Bertz CT molecular complexity index is 378. The molecule has 0 N–H and O–H groups in total. The zero-order chi connectivity index (χ0) is 12.0. The summed E-state index contributed by atoms with van der Waals surface area (Å²) in [5, 5.41) is 7.47. The summed E-state index contributed by atoms with van der Waals surface area (Å²) in [6, 6.07) is 3.89. The van der Waals surface area contributed by atoms with Crippen LogP contribution in [-0.2, 0) is 12.8 Å². The standard InChI is InChI=1S/2C6H9NO/c1-3-6-4-5(2)8-7-6;1-3-6-4-5(2)7-8-6/h2*4H,3H2,1-2H3. The van der Waals surface area contributed by atoms with Crippen LogP contribution in [0.1, 0.15) is 36.8 Å². The minimum Gasteiger partial charge on any atom is -0.361 e. The van der Waals surface area contributed by atoms with E-state index < -0.39 is 0 Å². The van der Waals surface area contributed by atoms with Crippen molar-refractivity contribution in [2.75, 3.05) is 0 Å². The molecule has 0 saturated heterocycles. The zero-order valence-electron chi connectivity index (χ0n) is 10.3. The first-order valence-electron chi connectivity index (χ1n) is 5.50. The second-order valence-corrected chi connectivity index (χ2v) is 3.57. The van der Waals surface area contributed by atoms with Crippen LogP contribution in [0, 0.1) is 13.8 Å². The number of rotatable bonds is 2. The Balaban J connectivity index is 0.000000160. The third kappa shape index (κ3) is 3.88. The molecule has 2 heterocycles. The quantitative estimate of drug-likeness (QED) is 0.783. The number of aromatic nitrogens is 2. The maximum Gasteiger partial charge on any atom is 0.136 e. The molecule has 88 valence electrons. The van der Waals surface area contributed by atoms with E-state index in [4.69, 9.17) is 9.05 Å². The summed E-state index contributed by atoms with van der Waals surface area (Å²) in [6.07, 6.45) is 1.89. The molecule has 0 aliphatic carbocycles. The maximum absolute atomic E-state index is 4.86. The Labute approximate surface area is 95.6 Å². The summed E-state index contributed by atoms with van der Waals surface area (Å²) in [6.45, 7) is 7.91. The number of hydrogen-bond acceptors (Lipinski definition) is 4. The molecule has 4 nitrogen and oxygen atoms in total. The molecule has 0 saturated carbocycles. The van der Waals surface area contributed by atoms with Gasteiger partial charge in [-0.25, -0.2) is 0 Å². The summed E-state index contributed by atoms with van der Waals surface area (Å²) >= 11 is 0. The molecular formula is C12H18N2O2. The van der Waals surface area contributed by atoms with E-state index >= 15 is 0 Å². The van der Waals surface area contributed by atoms with E-state index in [1.54, 1.807) is 0 Å². The van der Waals surface area contributed by atoms with Crippen LogP contribution in [-0.4, -0.2) is 10.3 Å². The van der Waals surface area contributed by atoms with Crippen molar-refractivity contribution in [1.82, 2.24) is 10.3 Å². The molecule has 0 unspecified atom stereocenters. The van der Waals surface area contributed by atoms with E-state index in [9.17, 15) is 0 Å². The van der Waals surface area contributed by atoms with Gasteiger partial charge in [0.15, 0.2) is 0 Å². The van der Waals surface area contributed by atoms with Gasteiger partial charge in [-0.1, -0.05) is 24.2 Å². The Hall–Kier alpha value is -1.58. The van der Waals surface area contributed by atoms with E-state index in [-0.39, 0.29) is 0 Å².